The number of carbonyl (C=O) groups is 1. The molecule has 0 aliphatic carbocycles. The number of thiocarbonyl (C=S) groups is 1. The Kier molecular flexibility index (Phi) is 5.00. The fourth-order valence-electron chi connectivity index (χ4n) is 2.36. The summed E-state index contributed by atoms with van der Waals surface area (Å²) < 4.78 is 0. The zero-order valence-corrected chi connectivity index (χ0v) is 15.1. The van der Waals surface area contributed by atoms with Gasteiger partial charge in [0.1, 0.15) is 0 Å². The van der Waals surface area contributed by atoms with E-state index in [-0.39, 0.29) is 5.91 Å². The minimum Gasteiger partial charge on any atom is -0.351 e. The van der Waals surface area contributed by atoms with Gasteiger partial charge in [-0.3, -0.25) is 4.79 Å². The molecule has 0 spiro atoms. The molecule has 0 saturated heterocycles. The predicted octanol–water partition coefficient (Wildman–Crippen LogP) is 3.22. The molecule has 0 radical (unpaired) electrons. The Morgan fingerprint density at radius 3 is 2.36 bits per heavy atom. The number of benzene rings is 1. The minimum absolute atomic E-state index is 0.111. The highest BCUT2D eigenvalue weighted by molar-refractivity contribution is 7.80. The molecular formula is C15H17Cl2N3OS. The summed E-state index contributed by atoms with van der Waals surface area (Å²) in [4.78, 5) is 15.9. The molecule has 1 N–H and O–H groups in total. The molecule has 2 rings (SSSR count). The summed E-state index contributed by atoms with van der Waals surface area (Å²) in [5, 5.41) is 4.67. The molecule has 7 heteroatoms. The normalized spacial score (nSPS) is 18.4. The molecule has 0 fully saturated rings. The molecule has 4 nitrogen and oxygen atoms in total. The molecule has 0 bridgehead atoms. The van der Waals surface area contributed by atoms with Crippen LogP contribution in [0.3, 0.4) is 0 Å². The summed E-state index contributed by atoms with van der Waals surface area (Å²) in [7, 11) is 5.24. The van der Waals surface area contributed by atoms with E-state index in [4.69, 9.17) is 35.4 Å². The number of hydrogen-bond acceptors (Lipinski definition) is 2. The third-order valence-electron chi connectivity index (χ3n) is 3.68. The highest BCUT2D eigenvalue weighted by Gasteiger charge is 2.35. The molecule has 118 valence electrons. The lowest BCUT2D eigenvalue weighted by Crippen LogP contribution is -2.47. The second-order valence-electron chi connectivity index (χ2n) is 5.28. The highest BCUT2D eigenvalue weighted by Crippen LogP contribution is 2.38. The molecule has 1 aromatic rings. The molecule has 1 aliphatic rings. The van der Waals surface area contributed by atoms with Crippen LogP contribution in [0, 0.1) is 0 Å². The lowest BCUT2D eigenvalue weighted by Gasteiger charge is -2.37. The topological polar surface area (TPSA) is 35.6 Å². The van der Waals surface area contributed by atoms with Gasteiger partial charge in [-0.25, -0.2) is 0 Å². The lowest BCUT2D eigenvalue weighted by molar-refractivity contribution is -0.125. The van der Waals surface area contributed by atoms with Gasteiger partial charge >= 0.3 is 0 Å². The van der Waals surface area contributed by atoms with Crippen LogP contribution >= 0.6 is 35.4 Å². The Balaban J connectivity index is 2.67. The number of amides is 1. The van der Waals surface area contributed by atoms with Crippen molar-refractivity contribution in [2.45, 2.75) is 13.0 Å². The summed E-state index contributed by atoms with van der Waals surface area (Å²) >= 11 is 18.0. The standard InChI is InChI=1S/C15H17Cl2N3OS/c1-8-11(14(21)19(2)3)13(18-15(22)20(8)4)12-9(16)6-5-7-10(12)17/h5-7,13H,1-4H3,(H,18,22). The number of nitrogens with zero attached hydrogens (tertiary/aromatic N) is 2. The molecule has 1 aliphatic heterocycles. The highest BCUT2D eigenvalue weighted by atomic mass is 35.5. The van der Waals surface area contributed by atoms with Crippen molar-refractivity contribution in [1.29, 1.82) is 0 Å². The third kappa shape index (κ3) is 2.93. The van der Waals surface area contributed by atoms with Crippen molar-refractivity contribution in [2.75, 3.05) is 21.1 Å². The van der Waals surface area contributed by atoms with E-state index in [0.717, 1.165) is 5.70 Å². The quantitative estimate of drug-likeness (QED) is 0.824. The van der Waals surface area contributed by atoms with E-state index < -0.39 is 6.04 Å². The van der Waals surface area contributed by atoms with Crippen molar-refractivity contribution in [3.8, 4) is 0 Å². The zero-order chi connectivity index (χ0) is 16.6. The van der Waals surface area contributed by atoms with Crippen LogP contribution in [0.15, 0.2) is 29.5 Å². The van der Waals surface area contributed by atoms with Crippen molar-refractivity contribution in [3.05, 3.63) is 45.1 Å². The van der Waals surface area contributed by atoms with Gasteiger partial charge in [0.05, 0.1) is 11.6 Å². The van der Waals surface area contributed by atoms with Crippen LogP contribution in [-0.4, -0.2) is 42.0 Å². The van der Waals surface area contributed by atoms with Crippen molar-refractivity contribution >= 4 is 46.4 Å². The molecule has 1 atom stereocenters. The Morgan fingerprint density at radius 2 is 1.86 bits per heavy atom. The Hall–Kier alpha value is -1.30. The van der Waals surface area contributed by atoms with Crippen LogP contribution in [0.5, 0.6) is 0 Å². The minimum atomic E-state index is -0.472. The van der Waals surface area contributed by atoms with Crippen molar-refractivity contribution in [1.82, 2.24) is 15.1 Å². The van der Waals surface area contributed by atoms with Gasteiger partial charge in [-0.1, -0.05) is 29.3 Å². The van der Waals surface area contributed by atoms with E-state index in [2.05, 4.69) is 5.32 Å². The number of nitrogens with one attached hydrogen (secondary N) is 1. The van der Waals surface area contributed by atoms with Gasteiger partial charge in [-0.05, 0) is 31.3 Å². The van der Waals surface area contributed by atoms with Gasteiger partial charge in [0.2, 0.25) is 0 Å². The summed E-state index contributed by atoms with van der Waals surface area (Å²) in [5.74, 6) is -0.111. The van der Waals surface area contributed by atoms with Crippen LogP contribution in [0.1, 0.15) is 18.5 Å². The van der Waals surface area contributed by atoms with Gasteiger partial charge in [0.15, 0.2) is 5.11 Å². The molecule has 1 amide bonds. The van der Waals surface area contributed by atoms with Crippen molar-refractivity contribution < 1.29 is 4.79 Å². The van der Waals surface area contributed by atoms with Crippen LogP contribution < -0.4 is 5.32 Å². The average molecular weight is 358 g/mol. The van der Waals surface area contributed by atoms with Crippen LogP contribution in [-0.2, 0) is 4.79 Å². The summed E-state index contributed by atoms with van der Waals surface area (Å²) in [5.41, 5.74) is 2.02. The maximum absolute atomic E-state index is 12.6. The number of allylic oxidation sites excluding steroid dienone is 1. The number of halogens is 2. The SMILES string of the molecule is CC1=C(C(=O)N(C)C)C(c2c(Cl)cccc2Cl)NC(=S)N1C. The molecule has 0 aromatic heterocycles. The van der Waals surface area contributed by atoms with Gasteiger partial charge < -0.3 is 15.1 Å². The van der Waals surface area contributed by atoms with E-state index in [1.54, 1.807) is 37.2 Å². The number of carbonyl (C=O) groups excluding carboxylic acids is 1. The van der Waals surface area contributed by atoms with Gasteiger partial charge in [0, 0.05) is 42.4 Å². The Labute approximate surface area is 145 Å². The van der Waals surface area contributed by atoms with Gasteiger partial charge in [0.25, 0.3) is 5.91 Å². The van der Waals surface area contributed by atoms with Gasteiger partial charge in [-0.15, -0.1) is 0 Å². The Bertz CT molecular complexity index is 653. The monoisotopic (exact) mass is 357 g/mol. The average Bonchev–Trinajstić information content (AvgIpc) is 2.44. The second kappa shape index (κ2) is 6.44. The number of likely N-dealkylation sites (N-methyl/N-ethyl adjacent to an activating group) is 1. The van der Waals surface area contributed by atoms with Crippen LogP contribution in [0.25, 0.3) is 0 Å². The van der Waals surface area contributed by atoms with Crippen molar-refractivity contribution in [2.24, 2.45) is 0 Å². The molecule has 1 heterocycles. The smallest absolute Gasteiger partial charge is 0.253 e. The molecule has 1 aromatic carbocycles. The van der Waals surface area contributed by atoms with E-state index >= 15 is 0 Å². The van der Waals surface area contributed by atoms with E-state index in [9.17, 15) is 4.79 Å². The molecule has 0 saturated carbocycles. The van der Waals surface area contributed by atoms with E-state index in [0.29, 0.717) is 26.3 Å². The summed E-state index contributed by atoms with van der Waals surface area (Å²) in [6.45, 7) is 1.86. The summed E-state index contributed by atoms with van der Waals surface area (Å²) in [6, 6.07) is 4.79. The number of rotatable bonds is 2. The van der Waals surface area contributed by atoms with Crippen molar-refractivity contribution in [3.63, 3.8) is 0 Å². The first-order valence-electron chi connectivity index (χ1n) is 6.66. The van der Waals surface area contributed by atoms with Crippen LogP contribution in [0.2, 0.25) is 10.0 Å². The Morgan fingerprint density at radius 1 is 1.32 bits per heavy atom. The predicted molar refractivity (Wildman–Crippen MR) is 94.1 cm³/mol. The van der Waals surface area contributed by atoms with Crippen LogP contribution in [0.4, 0.5) is 0 Å². The first-order chi connectivity index (χ1) is 10.3. The molecule has 1 unspecified atom stereocenters. The van der Waals surface area contributed by atoms with E-state index in [1.807, 2.05) is 14.0 Å². The molecule has 22 heavy (non-hydrogen) atoms. The fourth-order valence-corrected chi connectivity index (χ4v) is 3.23. The summed E-state index contributed by atoms with van der Waals surface area (Å²) in [6.07, 6.45) is 0. The lowest BCUT2D eigenvalue weighted by atomic mass is 9.94. The first-order valence-corrected chi connectivity index (χ1v) is 7.82. The zero-order valence-electron chi connectivity index (χ0n) is 12.8. The number of hydrogen-bond donors (Lipinski definition) is 1. The second-order valence-corrected chi connectivity index (χ2v) is 6.48. The first kappa shape index (κ1) is 17.1. The fraction of sp³-hybridized carbons (Fsp3) is 0.333. The maximum atomic E-state index is 12.6. The molecular weight excluding hydrogens is 341 g/mol. The largest absolute Gasteiger partial charge is 0.351 e. The third-order valence-corrected chi connectivity index (χ3v) is 4.73. The maximum Gasteiger partial charge on any atom is 0.253 e. The van der Waals surface area contributed by atoms with Gasteiger partial charge in [-0.2, -0.15) is 0 Å². The van der Waals surface area contributed by atoms with E-state index in [1.165, 1.54) is 4.90 Å².